The normalized spacial score (nSPS) is 12.3. The van der Waals surface area contributed by atoms with E-state index in [1.807, 2.05) is 12.1 Å². The second-order valence-corrected chi connectivity index (χ2v) is 6.27. The number of nitriles is 1. The highest BCUT2D eigenvalue weighted by Crippen LogP contribution is 2.40. The minimum absolute atomic E-state index is 0.154. The minimum atomic E-state index is -0.396. The molecule has 0 bridgehead atoms. The van der Waals surface area contributed by atoms with Crippen LogP contribution in [0, 0.1) is 17.1 Å². The third-order valence-electron chi connectivity index (χ3n) is 4.68. The van der Waals surface area contributed by atoms with Crippen LogP contribution >= 0.6 is 0 Å². The summed E-state index contributed by atoms with van der Waals surface area (Å²) in [4.78, 5) is 12.2. The lowest BCUT2D eigenvalue weighted by Gasteiger charge is -2.15. The Morgan fingerprint density at radius 1 is 1.04 bits per heavy atom. The summed E-state index contributed by atoms with van der Waals surface area (Å²) in [5.41, 5.74) is 4.82. The highest BCUT2D eigenvalue weighted by atomic mass is 19.1. The van der Waals surface area contributed by atoms with Crippen LogP contribution in [-0.4, -0.2) is 13.0 Å². The molecule has 132 valence electrons. The lowest BCUT2D eigenvalue weighted by Crippen LogP contribution is -2.12. The number of carbonyl (C=O) groups is 1. The van der Waals surface area contributed by atoms with Crippen molar-refractivity contribution >= 4 is 5.91 Å². The Hall–Kier alpha value is -3.65. The van der Waals surface area contributed by atoms with E-state index in [1.54, 1.807) is 30.3 Å². The van der Waals surface area contributed by atoms with Gasteiger partial charge in [0, 0.05) is 17.7 Å². The average molecular weight is 358 g/mol. The summed E-state index contributed by atoms with van der Waals surface area (Å²) in [6.07, 6.45) is 0. The minimum Gasteiger partial charge on any atom is -0.496 e. The molecule has 4 nitrogen and oxygen atoms in total. The van der Waals surface area contributed by atoms with Crippen LogP contribution in [0.25, 0.3) is 22.3 Å². The van der Waals surface area contributed by atoms with Gasteiger partial charge in [-0.05, 0) is 64.7 Å². The molecule has 1 aliphatic heterocycles. The molecule has 0 atom stereocenters. The number of nitrogens with zero attached hydrogens (tertiary/aromatic N) is 1. The molecule has 3 aromatic rings. The molecule has 1 N–H and O–H groups in total. The summed E-state index contributed by atoms with van der Waals surface area (Å²) in [6, 6.07) is 17.3. The van der Waals surface area contributed by atoms with Gasteiger partial charge in [-0.3, -0.25) is 4.79 Å². The van der Waals surface area contributed by atoms with Crippen molar-refractivity contribution in [1.82, 2.24) is 5.32 Å². The Morgan fingerprint density at radius 3 is 2.67 bits per heavy atom. The van der Waals surface area contributed by atoms with E-state index in [0.29, 0.717) is 34.5 Å². The van der Waals surface area contributed by atoms with E-state index in [-0.39, 0.29) is 5.91 Å². The van der Waals surface area contributed by atoms with Crippen LogP contribution in [0.3, 0.4) is 0 Å². The summed E-state index contributed by atoms with van der Waals surface area (Å²) in [5.74, 6) is -0.0427. The maximum absolute atomic E-state index is 14.0. The molecule has 4 rings (SSSR count). The van der Waals surface area contributed by atoms with Gasteiger partial charge in [-0.1, -0.05) is 12.1 Å². The number of hydrogen-bond donors (Lipinski definition) is 1. The van der Waals surface area contributed by atoms with Crippen LogP contribution in [0.4, 0.5) is 4.39 Å². The van der Waals surface area contributed by atoms with Crippen molar-refractivity contribution in [2.24, 2.45) is 0 Å². The van der Waals surface area contributed by atoms with Crippen LogP contribution in [0.2, 0.25) is 0 Å². The van der Waals surface area contributed by atoms with E-state index in [2.05, 4.69) is 11.4 Å². The maximum Gasteiger partial charge on any atom is 0.251 e. The molecule has 0 saturated heterocycles. The number of carbonyl (C=O) groups excluding carboxylic acids is 1. The summed E-state index contributed by atoms with van der Waals surface area (Å²) < 4.78 is 19.4. The predicted molar refractivity (Wildman–Crippen MR) is 99.7 cm³/mol. The Kier molecular flexibility index (Phi) is 4.09. The summed E-state index contributed by atoms with van der Waals surface area (Å²) >= 11 is 0. The molecular weight excluding hydrogens is 343 g/mol. The summed E-state index contributed by atoms with van der Waals surface area (Å²) in [6.45, 7) is 0.444. The van der Waals surface area contributed by atoms with Crippen LogP contribution < -0.4 is 10.1 Å². The number of methoxy groups -OCH3 is 1. The molecule has 0 radical (unpaired) electrons. The third kappa shape index (κ3) is 2.91. The number of ether oxygens (including phenoxy) is 1. The monoisotopic (exact) mass is 358 g/mol. The Morgan fingerprint density at radius 2 is 1.89 bits per heavy atom. The number of hydrogen-bond acceptors (Lipinski definition) is 3. The highest BCUT2D eigenvalue weighted by molar-refractivity contribution is 6.02. The van der Waals surface area contributed by atoms with Gasteiger partial charge in [-0.25, -0.2) is 4.39 Å². The SMILES string of the molecule is COc1ccc(F)cc1-c1cc2c(cc1-c1cccc(C#N)c1)CNC2=O. The molecule has 0 unspecified atom stereocenters. The Balaban J connectivity index is 2.03. The van der Waals surface area contributed by atoms with Crippen molar-refractivity contribution < 1.29 is 13.9 Å². The standard InChI is InChI=1S/C22H15FN2O2/c1-27-21-6-5-16(23)9-20(21)19-10-18-15(12-25-22(18)26)8-17(19)14-4-2-3-13(7-14)11-24/h2-10H,12H2,1H3,(H,25,26). The van der Waals surface area contributed by atoms with Crippen molar-refractivity contribution in [1.29, 1.82) is 5.26 Å². The second-order valence-electron chi connectivity index (χ2n) is 6.27. The quantitative estimate of drug-likeness (QED) is 0.760. The maximum atomic E-state index is 14.0. The molecule has 1 aliphatic rings. The van der Waals surface area contributed by atoms with Crippen LogP contribution in [0.1, 0.15) is 21.5 Å². The van der Waals surface area contributed by atoms with Gasteiger partial charge in [0.2, 0.25) is 0 Å². The van der Waals surface area contributed by atoms with Crippen LogP contribution in [-0.2, 0) is 6.54 Å². The summed E-state index contributed by atoms with van der Waals surface area (Å²) in [5, 5.41) is 12.0. The van der Waals surface area contributed by atoms with Crippen molar-refractivity contribution in [2.75, 3.05) is 7.11 Å². The lowest BCUT2D eigenvalue weighted by atomic mass is 9.89. The molecule has 0 aromatic heterocycles. The van der Waals surface area contributed by atoms with Gasteiger partial charge >= 0.3 is 0 Å². The third-order valence-corrected chi connectivity index (χ3v) is 4.68. The Labute approximate surface area is 155 Å². The first-order valence-electron chi connectivity index (χ1n) is 8.40. The average Bonchev–Trinajstić information content (AvgIpc) is 3.07. The van der Waals surface area contributed by atoms with Gasteiger partial charge in [0.15, 0.2) is 0 Å². The Bertz CT molecular complexity index is 1120. The molecule has 0 aliphatic carbocycles. The van der Waals surface area contributed by atoms with E-state index < -0.39 is 5.82 Å². The molecule has 5 heteroatoms. The van der Waals surface area contributed by atoms with Crippen LogP contribution in [0.15, 0.2) is 54.6 Å². The van der Waals surface area contributed by atoms with Gasteiger partial charge in [0.25, 0.3) is 5.91 Å². The van der Waals surface area contributed by atoms with Gasteiger partial charge < -0.3 is 10.1 Å². The second kappa shape index (κ2) is 6.58. The van der Waals surface area contributed by atoms with Crippen molar-refractivity contribution in [3.05, 3.63) is 77.1 Å². The topological polar surface area (TPSA) is 62.1 Å². The molecule has 3 aromatic carbocycles. The fraction of sp³-hybridized carbons (Fsp3) is 0.0909. The van der Waals surface area contributed by atoms with E-state index in [0.717, 1.165) is 16.7 Å². The number of halogens is 1. The first-order chi connectivity index (χ1) is 13.1. The fourth-order valence-corrected chi connectivity index (χ4v) is 3.38. The molecule has 0 spiro atoms. The number of fused-ring (bicyclic) bond motifs is 1. The molecule has 1 heterocycles. The predicted octanol–water partition coefficient (Wildman–Crippen LogP) is 4.28. The zero-order valence-corrected chi connectivity index (χ0v) is 14.5. The van der Waals surface area contributed by atoms with Gasteiger partial charge in [0.1, 0.15) is 11.6 Å². The number of benzene rings is 3. The first kappa shape index (κ1) is 16.8. The van der Waals surface area contributed by atoms with E-state index in [4.69, 9.17) is 4.74 Å². The van der Waals surface area contributed by atoms with E-state index >= 15 is 0 Å². The largest absolute Gasteiger partial charge is 0.496 e. The summed E-state index contributed by atoms with van der Waals surface area (Å²) in [7, 11) is 1.52. The van der Waals surface area contributed by atoms with Gasteiger partial charge in [-0.15, -0.1) is 0 Å². The number of amides is 1. The molecule has 0 fully saturated rings. The molecule has 27 heavy (non-hydrogen) atoms. The molecular formula is C22H15FN2O2. The van der Waals surface area contributed by atoms with Crippen molar-refractivity contribution in [3.8, 4) is 34.1 Å². The first-order valence-corrected chi connectivity index (χ1v) is 8.40. The van der Waals surface area contributed by atoms with Crippen molar-refractivity contribution in [2.45, 2.75) is 6.54 Å². The fourth-order valence-electron chi connectivity index (χ4n) is 3.38. The van der Waals surface area contributed by atoms with Gasteiger partial charge in [0.05, 0.1) is 18.7 Å². The molecule has 1 amide bonds. The van der Waals surface area contributed by atoms with Crippen molar-refractivity contribution in [3.63, 3.8) is 0 Å². The number of rotatable bonds is 3. The van der Waals surface area contributed by atoms with E-state index in [9.17, 15) is 14.4 Å². The highest BCUT2D eigenvalue weighted by Gasteiger charge is 2.23. The van der Waals surface area contributed by atoms with Gasteiger partial charge in [-0.2, -0.15) is 5.26 Å². The van der Waals surface area contributed by atoms with Crippen LogP contribution in [0.5, 0.6) is 5.75 Å². The smallest absolute Gasteiger partial charge is 0.251 e. The lowest BCUT2D eigenvalue weighted by molar-refractivity contribution is 0.0966. The zero-order chi connectivity index (χ0) is 19.0. The van der Waals surface area contributed by atoms with E-state index in [1.165, 1.54) is 19.2 Å². The molecule has 0 saturated carbocycles. The number of nitrogens with one attached hydrogen (secondary N) is 1. The zero-order valence-electron chi connectivity index (χ0n) is 14.5.